The van der Waals surface area contributed by atoms with E-state index in [2.05, 4.69) is 44.9 Å². The van der Waals surface area contributed by atoms with Gasteiger partial charge in [-0.25, -0.2) is 14.8 Å². The topological polar surface area (TPSA) is 207 Å². The van der Waals surface area contributed by atoms with Crippen molar-refractivity contribution in [2.45, 2.75) is 97.1 Å². The lowest BCUT2D eigenvalue weighted by Gasteiger charge is -2.32. The summed E-state index contributed by atoms with van der Waals surface area (Å²) in [6.45, 7) is 10.8. The van der Waals surface area contributed by atoms with Gasteiger partial charge in [0.2, 0.25) is 11.8 Å². The van der Waals surface area contributed by atoms with E-state index < -0.39 is 24.3 Å². The zero-order valence-electron chi connectivity index (χ0n) is 36.2. The third-order valence-corrected chi connectivity index (χ3v) is 13.0. The molecule has 3 aliphatic rings. The van der Waals surface area contributed by atoms with Crippen molar-refractivity contribution in [1.29, 1.82) is 0 Å². The van der Waals surface area contributed by atoms with Gasteiger partial charge < -0.3 is 54.5 Å². The number of fused-ring (bicyclic) bond motifs is 6. The van der Waals surface area contributed by atoms with E-state index in [9.17, 15) is 24.3 Å². The van der Waals surface area contributed by atoms with Crippen LogP contribution < -0.4 is 20.5 Å². The van der Waals surface area contributed by atoms with Crippen molar-refractivity contribution in [3.63, 3.8) is 0 Å². The summed E-state index contributed by atoms with van der Waals surface area (Å²) in [5, 5.41) is 18.6. The van der Waals surface area contributed by atoms with Crippen molar-refractivity contribution in [1.82, 2.24) is 40.4 Å². The van der Waals surface area contributed by atoms with Gasteiger partial charge in [0.15, 0.2) is 0 Å². The van der Waals surface area contributed by atoms with Gasteiger partial charge in [0.1, 0.15) is 42.2 Å². The number of H-pyrrole nitrogens is 2. The standard InChI is InChI=1S/C46H56N8O8/c1-8-24(4)39(51-45(57)58)43(55)53-20-26(21-60-6)15-36(53)41-47-19-34(49-41)28-10-12-30-29(16-28)22-62-37-18-31-27(17-32(30)37)11-13-33-40(31)50-42(48-33)35-14-9-25(5)54(35)44(56)38(23(2)3)52-46(59)61-7/h10-13,16-19,23-26,35-36,38-39,51H,8-9,14-15,20-22H2,1-7H3,(H,47,49)(H,48,50)(H,52,59)(H,57,58)/p-1/t24-,25-,26-,35-,36-,38-,39-/m0/s1. The van der Waals surface area contributed by atoms with Gasteiger partial charge in [0.25, 0.3) is 0 Å². The molecule has 5 heterocycles. The van der Waals surface area contributed by atoms with Gasteiger partial charge in [-0.05, 0) is 84.4 Å². The second-order valence-electron chi connectivity index (χ2n) is 17.4. The van der Waals surface area contributed by atoms with E-state index in [-0.39, 0.29) is 47.7 Å². The molecule has 7 atom stereocenters. The molecule has 62 heavy (non-hydrogen) atoms. The molecule has 0 aliphatic carbocycles. The van der Waals surface area contributed by atoms with Gasteiger partial charge in [-0.3, -0.25) is 9.59 Å². The number of methoxy groups -OCH3 is 2. The number of amides is 4. The van der Waals surface area contributed by atoms with Gasteiger partial charge in [-0.1, -0.05) is 52.3 Å². The summed E-state index contributed by atoms with van der Waals surface area (Å²) < 4.78 is 16.7. The molecule has 0 spiro atoms. The number of aromatic nitrogens is 4. The number of nitrogens with zero attached hydrogens (tertiary/aromatic N) is 4. The van der Waals surface area contributed by atoms with Crippen molar-refractivity contribution in [2.75, 3.05) is 27.4 Å². The van der Waals surface area contributed by atoms with Crippen LogP contribution in [0.4, 0.5) is 9.59 Å². The van der Waals surface area contributed by atoms with Crippen LogP contribution >= 0.6 is 0 Å². The summed E-state index contributed by atoms with van der Waals surface area (Å²) in [4.78, 5) is 72.0. The van der Waals surface area contributed by atoms with Crippen LogP contribution in [0.5, 0.6) is 5.75 Å². The highest BCUT2D eigenvalue weighted by molar-refractivity contribution is 6.07. The number of nitrogens with one attached hydrogen (secondary N) is 4. The van der Waals surface area contributed by atoms with Crippen molar-refractivity contribution >= 4 is 45.8 Å². The lowest BCUT2D eigenvalue weighted by molar-refractivity contribution is -0.252. The van der Waals surface area contributed by atoms with Gasteiger partial charge in [-0.15, -0.1) is 0 Å². The highest BCUT2D eigenvalue weighted by Gasteiger charge is 2.43. The molecular formula is C46H55N8O8-. The van der Waals surface area contributed by atoms with Gasteiger partial charge in [-0.2, -0.15) is 0 Å². The van der Waals surface area contributed by atoms with Crippen LogP contribution in [0.3, 0.4) is 0 Å². The van der Waals surface area contributed by atoms with Crippen molar-refractivity contribution in [2.24, 2.45) is 17.8 Å². The SMILES string of the molecule is CC[C@H](C)[C@H](NC(=O)[O-])C(=O)N1C[C@@H](COC)C[C@H]1c1ncc(-c2ccc3c(c2)COc2cc4c(ccc5[nH]c([C@@H]6CC[C@H](C)N6C(=O)[C@@H](NC(=O)OC)C(C)C)nc54)cc2-3)[nH]1. The Labute approximate surface area is 360 Å². The highest BCUT2D eigenvalue weighted by Crippen LogP contribution is 2.44. The van der Waals surface area contributed by atoms with Crippen LogP contribution in [-0.4, -0.2) is 99.2 Å². The van der Waals surface area contributed by atoms with Gasteiger partial charge in [0.05, 0.1) is 48.7 Å². The molecule has 0 radical (unpaired) electrons. The Bertz CT molecular complexity index is 2510. The largest absolute Gasteiger partial charge is 0.530 e. The molecule has 8 rings (SSSR count). The number of benzene rings is 3. The Morgan fingerprint density at radius 3 is 2.48 bits per heavy atom. The zero-order valence-corrected chi connectivity index (χ0v) is 36.2. The molecule has 4 amide bonds. The predicted octanol–water partition coefficient (Wildman–Crippen LogP) is 5.98. The third-order valence-electron chi connectivity index (χ3n) is 13.0. The van der Waals surface area contributed by atoms with E-state index in [4.69, 9.17) is 24.2 Å². The number of carbonyl (C=O) groups excluding carboxylic acids is 4. The predicted molar refractivity (Wildman–Crippen MR) is 230 cm³/mol. The van der Waals surface area contributed by atoms with Gasteiger partial charge in [0, 0.05) is 36.6 Å². The van der Waals surface area contributed by atoms with Crippen molar-refractivity contribution in [3.05, 3.63) is 65.9 Å². The minimum absolute atomic E-state index is 0.0353. The zero-order chi connectivity index (χ0) is 44.0. The average Bonchev–Trinajstić information content (AvgIpc) is 4.09. The van der Waals surface area contributed by atoms with Crippen molar-refractivity contribution in [3.8, 4) is 28.1 Å². The molecule has 4 N–H and O–H groups in total. The van der Waals surface area contributed by atoms with Crippen LogP contribution in [0.2, 0.25) is 0 Å². The van der Waals surface area contributed by atoms with Crippen molar-refractivity contribution < 1.29 is 38.5 Å². The van der Waals surface area contributed by atoms with E-state index in [1.54, 1.807) is 18.2 Å². The second-order valence-corrected chi connectivity index (χ2v) is 17.4. The summed E-state index contributed by atoms with van der Waals surface area (Å²) in [7, 11) is 2.92. The first-order chi connectivity index (χ1) is 29.8. The van der Waals surface area contributed by atoms with Crippen LogP contribution in [0.15, 0.2) is 48.7 Å². The number of carbonyl (C=O) groups is 4. The minimum Gasteiger partial charge on any atom is -0.530 e. The fourth-order valence-electron chi connectivity index (χ4n) is 9.54. The van der Waals surface area contributed by atoms with Gasteiger partial charge >= 0.3 is 6.09 Å². The molecule has 16 nitrogen and oxygen atoms in total. The van der Waals surface area contributed by atoms with Crippen LogP contribution in [0.1, 0.15) is 89.6 Å². The molecule has 2 saturated heterocycles. The summed E-state index contributed by atoms with van der Waals surface area (Å²) in [6.07, 6.45) is 2.43. The molecule has 0 unspecified atom stereocenters. The lowest BCUT2D eigenvalue weighted by Crippen LogP contribution is -2.54. The number of carboxylic acid groups (broad SMARTS) is 1. The van der Waals surface area contributed by atoms with Crippen LogP contribution in [0.25, 0.3) is 44.2 Å². The normalized spacial score (nSPS) is 21.0. The fourth-order valence-corrected chi connectivity index (χ4v) is 9.54. The first-order valence-corrected chi connectivity index (χ1v) is 21.5. The Morgan fingerprint density at radius 2 is 1.76 bits per heavy atom. The Balaban J connectivity index is 1.05. The molecule has 5 aromatic rings. The number of likely N-dealkylation sites (tertiary alicyclic amines) is 2. The maximum Gasteiger partial charge on any atom is 0.407 e. The molecule has 16 heteroatoms. The summed E-state index contributed by atoms with van der Waals surface area (Å²) in [5.41, 5.74) is 6.39. The summed E-state index contributed by atoms with van der Waals surface area (Å²) in [6, 6.07) is 12.1. The average molecular weight is 848 g/mol. The maximum atomic E-state index is 14.0. The lowest BCUT2D eigenvalue weighted by atomic mass is 9.92. The Hall–Kier alpha value is -6.16. The molecule has 2 fully saturated rings. The fraction of sp³-hybridized carbons (Fsp3) is 0.478. The number of rotatable bonds is 12. The number of ether oxygens (including phenoxy) is 3. The maximum absolute atomic E-state index is 14.0. The minimum atomic E-state index is -1.48. The monoisotopic (exact) mass is 847 g/mol. The highest BCUT2D eigenvalue weighted by atomic mass is 16.5. The second kappa shape index (κ2) is 17.3. The number of aromatic amines is 2. The van der Waals surface area contributed by atoms with Crippen LogP contribution in [0, 0.1) is 17.8 Å². The number of hydrogen-bond donors (Lipinski definition) is 4. The number of hydrogen-bond acceptors (Lipinski definition) is 10. The van der Waals surface area contributed by atoms with E-state index in [1.807, 2.05) is 57.7 Å². The quantitative estimate of drug-likeness (QED) is 0.116. The molecule has 2 aromatic heterocycles. The van der Waals surface area contributed by atoms with E-state index in [0.29, 0.717) is 44.2 Å². The summed E-state index contributed by atoms with van der Waals surface area (Å²) >= 11 is 0. The number of imidazole rings is 2. The van der Waals surface area contributed by atoms with E-state index in [1.165, 1.54) is 7.11 Å². The van der Waals surface area contributed by atoms with E-state index in [0.717, 1.165) is 68.3 Å². The molecule has 0 saturated carbocycles. The molecule has 0 bridgehead atoms. The number of alkyl carbamates (subject to hydrolysis) is 1. The molecule has 328 valence electrons. The third kappa shape index (κ3) is 7.91. The first-order valence-electron chi connectivity index (χ1n) is 21.5. The molecular weight excluding hydrogens is 793 g/mol. The van der Waals surface area contributed by atoms with E-state index >= 15 is 0 Å². The molecule has 3 aromatic carbocycles. The Kier molecular flexibility index (Phi) is 11.9. The molecule has 3 aliphatic heterocycles. The first kappa shape index (κ1) is 42.5. The smallest absolute Gasteiger partial charge is 0.407 e. The Morgan fingerprint density at radius 1 is 0.952 bits per heavy atom. The van der Waals surface area contributed by atoms with Crippen LogP contribution in [-0.2, 0) is 25.7 Å². The summed E-state index contributed by atoms with van der Waals surface area (Å²) in [5.74, 6) is 1.30.